The van der Waals surface area contributed by atoms with Crippen molar-refractivity contribution in [2.75, 3.05) is 31.2 Å². The molecule has 3 aromatic rings. The van der Waals surface area contributed by atoms with E-state index in [1.807, 2.05) is 17.0 Å². The Balaban J connectivity index is 1.61. The number of benzene rings is 3. The molecule has 0 radical (unpaired) electrons. The molecule has 0 spiro atoms. The summed E-state index contributed by atoms with van der Waals surface area (Å²) in [5, 5.41) is 34.8. The maximum Gasteiger partial charge on any atom is 0.294 e. The summed E-state index contributed by atoms with van der Waals surface area (Å²) in [6.45, 7) is 0.858. The number of aliphatic hydroxyl groups is 2. The van der Waals surface area contributed by atoms with Gasteiger partial charge in [-0.1, -0.05) is 0 Å². The van der Waals surface area contributed by atoms with Crippen molar-refractivity contribution in [2.45, 2.75) is 4.90 Å². The fourth-order valence-electron chi connectivity index (χ4n) is 2.84. The van der Waals surface area contributed by atoms with Crippen molar-refractivity contribution in [3.05, 3.63) is 72.8 Å². The van der Waals surface area contributed by atoms with Gasteiger partial charge in [0.1, 0.15) is 0 Å². The number of azo groups is 2. The molecule has 0 bridgehead atoms. The van der Waals surface area contributed by atoms with E-state index in [1.165, 1.54) is 24.3 Å². The predicted octanol–water partition coefficient (Wildman–Crippen LogP) is 4.56. The van der Waals surface area contributed by atoms with E-state index in [-0.39, 0.29) is 18.1 Å². The Morgan fingerprint density at radius 1 is 0.606 bits per heavy atom. The van der Waals surface area contributed by atoms with Crippen molar-refractivity contribution in [2.24, 2.45) is 20.5 Å². The number of aliphatic hydroxyl groups excluding tert-OH is 2. The van der Waals surface area contributed by atoms with Crippen LogP contribution in [0.3, 0.4) is 0 Å². The van der Waals surface area contributed by atoms with Gasteiger partial charge < -0.3 is 15.1 Å². The van der Waals surface area contributed by atoms with Crippen LogP contribution in [-0.2, 0) is 10.1 Å². The van der Waals surface area contributed by atoms with Crippen LogP contribution in [0.1, 0.15) is 0 Å². The lowest BCUT2D eigenvalue weighted by Gasteiger charge is -2.22. The third kappa shape index (κ3) is 7.26. The number of hydrogen-bond acceptors (Lipinski definition) is 9. The molecule has 11 heteroatoms. The highest BCUT2D eigenvalue weighted by Crippen LogP contribution is 2.25. The molecule has 0 aromatic heterocycles. The molecule has 172 valence electrons. The lowest BCUT2D eigenvalue weighted by Crippen LogP contribution is -2.29. The Labute approximate surface area is 191 Å². The molecule has 0 aliphatic heterocycles. The molecular formula is C22H23N5O5S. The van der Waals surface area contributed by atoms with Gasteiger partial charge in [0.05, 0.1) is 40.9 Å². The Morgan fingerprint density at radius 2 is 0.939 bits per heavy atom. The molecule has 33 heavy (non-hydrogen) atoms. The second-order valence-corrected chi connectivity index (χ2v) is 8.26. The highest BCUT2D eigenvalue weighted by Gasteiger charge is 2.08. The largest absolute Gasteiger partial charge is 0.395 e. The minimum absolute atomic E-state index is 0.00264. The predicted molar refractivity (Wildman–Crippen MR) is 124 cm³/mol. The van der Waals surface area contributed by atoms with Crippen LogP contribution in [0.5, 0.6) is 0 Å². The molecule has 0 atom stereocenters. The summed E-state index contributed by atoms with van der Waals surface area (Å²) >= 11 is 0. The van der Waals surface area contributed by atoms with E-state index < -0.39 is 10.1 Å². The Bertz CT molecular complexity index is 1190. The van der Waals surface area contributed by atoms with Gasteiger partial charge in [-0.15, -0.1) is 0 Å². The fourth-order valence-corrected chi connectivity index (χ4v) is 3.32. The molecular weight excluding hydrogens is 446 g/mol. The van der Waals surface area contributed by atoms with Gasteiger partial charge in [0.2, 0.25) is 0 Å². The first kappa shape index (κ1) is 24.1. The highest BCUT2D eigenvalue weighted by molar-refractivity contribution is 7.85. The van der Waals surface area contributed by atoms with Gasteiger partial charge in [0.15, 0.2) is 0 Å². The van der Waals surface area contributed by atoms with E-state index in [1.54, 1.807) is 36.4 Å². The van der Waals surface area contributed by atoms with E-state index in [9.17, 15) is 8.42 Å². The minimum Gasteiger partial charge on any atom is -0.395 e. The van der Waals surface area contributed by atoms with Crippen molar-refractivity contribution in [3.63, 3.8) is 0 Å². The van der Waals surface area contributed by atoms with E-state index in [0.29, 0.717) is 35.8 Å². The lowest BCUT2D eigenvalue weighted by molar-refractivity contribution is 0.281. The third-order valence-corrected chi connectivity index (χ3v) is 5.37. The fraction of sp³-hybridized carbons (Fsp3) is 0.182. The molecule has 0 fully saturated rings. The zero-order valence-electron chi connectivity index (χ0n) is 17.6. The van der Waals surface area contributed by atoms with Gasteiger partial charge in [-0.25, -0.2) is 0 Å². The van der Waals surface area contributed by atoms with Crippen LogP contribution in [0, 0.1) is 0 Å². The third-order valence-electron chi connectivity index (χ3n) is 4.50. The summed E-state index contributed by atoms with van der Waals surface area (Å²) in [4.78, 5) is 1.66. The summed E-state index contributed by atoms with van der Waals surface area (Å²) in [5.41, 5.74) is 3.16. The topological polar surface area (TPSA) is 148 Å². The summed E-state index contributed by atoms with van der Waals surface area (Å²) in [6, 6.07) is 19.6. The first-order chi connectivity index (χ1) is 15.9. The molecule has 3 rings (SSSR count). The molecule has 0 heterocycles. The molecule has 10 nitrogen and oxygen atoms in total. The molecule has 3 N–H and O–H groups in total. The zero-order valence-corrected chi connectivity index (χ0v) is 18.4. The number of anilines is 1. The lowest BCUT2D eigenvalue weighted by atomic mass is 10.2. The van der Waals surface area contributed by atoms with Gasteiger partial charge >= 0.3 is 0 Å². The molecule has 0 unspecified atom stereocenters. The highest BCUT2D eigenvalue weighted by atomic mass is 32.2. The van der Waals surface area contributed by atoms with Gasteiger partial charge in [-0.3, -0.25) is 4.55 Å². The van der Waals surface area contributed by atoms with E-state index in [0.717, 1.165) is 5.69 Å². The Morgan fingerprint density at radius 3 is 1.27 bits per heavy atom. The first-order valence-electron chi connectivity index (χ1n) is 9.97. The minimum atomic E-state index is -4.24. The number of nitrogens with zero attached hydrogens (tertiary/aromatic N) is 5. The van der Waals surface area contributed by atoms with Crippen molar-refractivity contribution >= 4 is 38.6 Å². The van der Waals surface area contributed by atoms with E-state index >= 15 is 0 Å². The average Bonchev–Trinajstić information content (AvgIpc) is 2.82. The van der Waals surface area contributed by atoms with Crippen LogP contribution < -0.4 is 4.90 Å². The van der Waals surface area contributed by atoms with Crippen molar-refractivity contribution in [3.8, 4) is 0 Å². The van der Waals surface area contributed by atoms with Crippen LogP contribution >= 0.6 is 0 Å². The number of rotatable bonds is 10. The van der Waals surface area contributed by atoms with E-state index in [2.05, 4.69) is 20.5 Å². The molecule has 0 amide bonds. The maximum absolute atomic E-state index is 11.1. The van der Waals surface area contributed by atoms with Crippen LogP contribution in [0.15, 0.2) is 98.1 Å². The molecule has 0 saturated carbocycles. The Hall–Kier alpha value is -3.51. The molecule has 0 saturated heterocycles. The molecule has 3 aromatic carbocycles. The molecule has 0 aliphatic rings. The normalized spacial score (nSPS) is 12.0. The second kappa shape index (κ2) is 11.4. The van der Waals surface area contributed by atoms with Gasteiger partial charge in [0.25, 0.3) is 10.1 Å². The SMILES string of the molecule is O=S(=O)(O)c1ccc(N=Nc2ccc(N=Nc3ccc(N(CCO)CCO)cc3)cc2)cc1. The van der Waals surface area contributed by atoms with Crippen LogP contribution in [0.2, 0.25) is 0 Å². The summed E-state index contributed by atoms with van der Waals surface area (Å²) < 4.78 is 31.1. The average molecular weight is 470 g/mol. The van der Waals surface area contributed by atoms with Crippen LogP contribution in [0.25, 0.3) is 0 Å². The Kier molecular flexibility index (Phi) is 8.33. The number of hydrogen-bond donors (Lipinski definition) is 3. The van der Waals surface area contributed by atoms with Crippen LogP contribution in [-0.4, -0.2) is 49.5 Å². The summed E-state index contributed by atoms with van der Waals surface area (Å²) in [7, 11) is -4.24. The zero-order chi connectivity index (χ0) is 23.7. The second-order valence-electron chi connectivity index (χ2n) is 6.84. The summed E-state index contributed by atoms with van der Waals surface area (Å²) in [5.74, 6) is 0. The quantitative estimate of drug-likeness (QED) is 0.293. The first-order valence-corrected chi connectivity index (χ1v) is 11.4. The van der Waals surface area contributed by atoms with Crippen molar-refractivity contribution in [1.29, 1.82) is 0 Å². The smallest absolute Gasteiger partial charge is 0.294 e. The summed E-state index contributed by atoms with van der Waals surface area (Å²) in [6.07, 6.45) is 0. The van der Waals surface area contributed by atoms with E-state index in [4.69, 9.17) is 14.8 Å². The standard InChI is InChI=1S/C22H23N5O5S/c28-15-13-27(14-16-29)21-9-5-19(6-10-21)25-23-17-1-3-18(4-2-17)24-26-20-7-11-22(12-8-20)33(30,31)32/h1-12,28-29H,13-16H2,(H,30,31,32). The van der Waals surface area contributed by atoms with Crippen molar-refractivity contribution < 1.29 is 23.2 Å². The molecule has 0 aliphatic carbocycles. The van der Waals surface area contributed by atoms with Crippen LogP contribution in [0.4, 0.5) is 28.4 Å². The van der Waals surface area contributed by atoms with Gasteiger partial charge in [-0.05, 0) is 72.8 Å². The van der Waals surface area contributed by atoms with Gasteiger partial charge in [0, 0.05) is 18.8 Å². The van der Waals surface area contributed by atoms with Crippen molar-refractivity contribution in [1.82, 2.24) is 0 Å². The monoisotopic (exact) mass is 469 g/mol. The maximum atomic E-state index is 11.1. The van der Waals surface area contributed by atoms with Gasteiger partial charge in [-0.2, -0.15) is 28.9 Å².